The van der Waals surface area contributed by atoms with Crippen LogP contribution in [0, 0.1) is 0 Å². The molecule has 18 heavy (non-hydrogen) atoms. The molecule has 1 rings (SSSR count). The van der Waals surface area contributed by atoms with Gasteiger partial charge in [-0.05, 0) is 0 Å². The molecule has 0 aliphatic carbocycles. The molecule has 1 aromatic heterocycles. The van der Waals surface area contributed by atoms with Crippen LogP contribution in [0.3, 0.4) is 0 Å². The van der Waals surface area contributed by atoms with Crippen molar-refractivity contribution < 1.29 is 4.79 Å². The highest BCUT2D eigenvalue weighted by Gasteiger charge is 2.19. The third kappa shape index (κ3) is 4.16. The van der Waals surface area contributed by atoms with Crippen LogP contribution in [0.25, 0.3) is 0 Å². The molecular formula is C13H20N4O. The van der Waals surface area contributed by atoms with Gasteiger partial charge in [0, 0.05) is 30.3 Å². The van der Waals surface area contributed by atoms with Gasteiger partial charge in [0.25, 0.3) is 0 Å². The second-order valence-electron chi connectivity index (χ2n) is 5.00. The summed E-state index contributed by atoms with van der Waals surface area (Å²) in [7, 11) is 0. The lowest BCUT2D eigenvalue weighted by Gasteiger charge is -2.20. The van der Waals surface area contributed by atoms with Crippen molar-refractivity contribution in [3.8, 4) is 0 Å². The van der Waals surface area contributed by atoms with Gasteiger partial charge in [0.05, 0.1) is 5.69 Å². The summed E-state index contributed by atoms with van der Waals surface area (Å²) in [5.74, 6) is 0. The van der Waals surface area contributed by atoms with E-state index in [-0.39, 0.29) is 11.4 Å². The van der Waals surface area contributed by atoms with Crippen molar-refractivity contribution in [2.24, 2.45) is 0 Å². The van der Waals surface area contributed by atoms with Gasteiger partial charge < -0.3 is 10.6 Å². The van der Waals surface area contributed by atoms with Crippen molar-refractivity contribution in [3.05, 3.63) is 36.4 Å². The van der Waals surface area contributed by atoms with Gasteiger partial charge in [-0.1, -0.05) is 26.8 Å². The van der Waals surface area contributed by atoms with E-state index in [0.29, 0.717) is 13.1 Å². The molecule has 0 atom stereocenters. The SMILES string of the molecule is C=CCNC(=O)NCc1cncnc1C(C)(C)C. The largest absolute Gasteiger partial charge is 0.335 e. The number of nitrogens with zero attached hydrogens (tertiary/aromatic N) is 2. The van der Waals surface area contributed by atoms with Crippen LogP contribution in [-0.4, -0.2) is 22.5 Å². The lowest BCUT2D eigenvalue weighted by Crippen LogP contribution is -2.35. The average molecular weight is 248 g/mol. The summed E-state index contributed by atoms with van der Waals surface area (Å²) in [5.41, 5.74) is 1.80. The Morgan fingerprint density at radius 2 is 2.17 bits per heavy atom. The number of carbonyl (C=O) groups excluding carboxylic acids is 1. The van der Waals surface area contributed by atoms with Crippen molar-refractivity contribution >= 4 is 6.03 Å². The van der Waals surface area contributed by atoms with Gasteiger partial charge in [0.15, 0.2) is 0 Å². The number of amides is 2. The maximum Gasteiger partial charge on any atom is 0.315 e. The second-order valence-corrected chi connectivity index (χ2v) is 5.00. The van der Waals surface area contributed by atoms with Gasteiger partial charge in [-0.2, -0.15) is 0 Å². The van der Waals surface area contributed by atoms with Crippen molar-refractivity contribution in [2.75, 3.05) is 6.54 Å². The Hall–Kier alpha value is -1.91. The lowest BCUT2D eigenvalue weighted by atomic mass is 9.89. The highest BCUT2D eigenvalue weighted by Crippen LogP contribution is 2.22. The summed E-state index contributed by atoms with van der Waals surface area (Å²) < 4.78 is 0. The quantitative estimate of drug-likeness (QED) is 0.798. The number of hydrogen-bond acceptors (Lipinski definition) is 3. The molecule has 0 unspecified atom stereocenters. The van der Waals surface area contributed by atoms with Crippen LogP contribution in [0.5, 0.6) is 0 Å². The molecule has 0 aliphatic heterocycles. The molecule has 1 heterocycles. The number of carbonyl (C=O) groups is 1. The molecule has 0 bridgehead atoms. The Balaban J connectivity index is 2.68. The highest BCUT2D eigenvalue weighted by molar-refractivity contribution is 5.73. The van der Waals surface area contributed by atoms with Gasteiger partial charge in [0.1, 0.15) is 6.33 Å². The molecule has 0 aliphatic rings. The molecule has 0 radical (unpaired) electrons. The average Bonchev–Trinajstić information content (AvgIpc) is 2.33. The first-order valence-corrected chi connectivity index (χ1v) is 5.87. The number of urea groups is 1. The first-order chi connectivity index (χ1) is 8.45. The van der Waals surface area contributed by atoms with Gasteiger partial charge >= 0.3 is 6.03 Å². The predicted molar refractivity (Wildman–Crippen MR) is 71.2 cm³/mol. The fourth-order valence-corrected chi connectivity index (χ4v) is 1.57. The number of hydrogen-bond donors (Lipinski definition) is 2. The van der Waals surface area contributed by atoms with E-state index in [4.69, 9.17) is 0 Å². The van der Waals surface area contributed by atoms with Crippen molar-refractivity contribution in [1.82, 2.24) is 20.6 Å². The van der Waals surface area contributed by atoms with E-state index < -0.39 is 0 Å². The molecule has 5 heteroatoms. The van der Waals surface area contributed by atoms with Crippen LogP contribution in [-0.2, 0) is 12.0 Å². The first kappa shape index (κ1) is 14.2. The molecule has 2 N–H and O–H groups in total. The summed E-state index contributed by atoms with van der Waals surface area (Å²) in [5, 5.41) is 5.42. The third-order valence-corrected chi connectivity index (χ3v) is 2.34. The minimum Gasteiger partial charge on any atom is -0.335 e. The Morgan fingerprint density at radius 1 is 1.44 bits per heavy atom. The molecule has 0 aromatic carbocycles. The Morgan fingerprint density at radius 3 is 2.78 bits per heavy atom. The normalized spacial score (nSPS) is 10.8. The van der Waals surface area contributed by atoms with Crippen LogP contribution in [0.2, 0.25) is 0 Å². The molecule has 0 fully saturated rings. The maximum atomic E-state index is 11.4. The van der Waals surface area contributed by atoms with Crippen LogP contribution < -0.4 is 10.6 Å². The summed E-state index contributed by atoms with van der Waals surface area (Å²) >= 11 is 0. The molecule has 5 nitrogen and oxygen atoms in total. The molecular weight excluding hydrogens is 228 g/mol. The smallest absolute Gasteiger partial charge is 0.315 e. The zero-order chi connectivity index (χ0) is 13.6. The minimum absolute atomic E-state index is 0.0719. The van der Waals surface area contributed by atoms with E-state index >= 15 is 0 Å². The fourth-order valence-electron chi connectivity index (χ4n) is 1.57. The van der Waals surface area contributed by atoms with Crippen molar-refractivity contribution in [2.45, 2.75) is 32.7 Å². The summed E-state index contributed by atoms with van der Waals surface area (Å²) in [6.07, 6.45) is 4.90. The standard InChI is InChI=1S/C13H20N4O/c1-5-6-15-12(18)16-8-10-7-14-9-17-11(10)13(2,3)4/h5,7,9H,1,6,8H2,2-4H3,(H2,15,16,18). The van der Waals surface area contributed by atoms with Crippen LogP contribution in [0.1, 0.15) is 32.0 Å². The molecule has 2 amide bonds. The van der Waals surface area contributed by atoms with Crippen LogP contribution >= 0.6 is 0 Å². The second kappa shape index (κ2) is 6.14. The van der Waals surface area contributed by atoms with Crippen LogP contribution in [0.4, 0.5) is 4.79 Å². The van der Waals surface area contributed by atoms with Gasteiger partial charge in [0.2, 0.25) is 0 Å². The molecule has 0 saturated heterocycles. The molecule has 0 spiro atoms. The molecule has 1 aromatic rings. The first-order valence-electron chi connectivity index (χ1n) is 5.87. The van der Waals surface area contributed by atoms with Crippen LogP contribution in [0.15, 0.2) is 25.2 Å². The highest BCUT2D eigenvalue weighted by atomic mass is 16.2. The monoisotopic (exact) mass is 248 g/mol. The van der Waals surface area contributed by atoms with E-state index in [1.54, 1.807) is 12.3 Å². The molecule has 0 saturated carbocycles. The Kier molecular flexibility index (Phi) is 4.83. The van der Waals surface area contributed by atoms with E-state index in [9.17, 15) is 4.79 Å². The van der Waals surface area contributed by atoms with Crippen molar-refractivity contribution in [3.63, 3.8) is 0 Å². The summed E-state index contributed by atoms with van der Waals surface area (Å²) in [6, 6.07) is -0.224. The Bertz CT molecular complexity index is 423. The number of aromatic nitrogens is 2. The Labute approximate surface area is 108 Å². The van der Waals surface area contributed by atoms with E-state index in [1.165, 1.54) is 6.33 Å². The zero-order valence-electron chi connectivity index (χ0n) is 11.2. The van der Waals surface area contributed by atoms with E-state index in [1.807, 2.05) is 0 Å². The van der Waals surface area contributed by atoms with Gasteiger partial charge in [-0.3, -0.25) is 0 Å². The zero-order valence-corrected chi connectivity index (χ0v) is 11.2. The topological polar surface area (TPSA) is 66.9 Å². The van der Waals surface area contributed by atoms with Gasteiger partial charge in [-0.25, -0.2) is 14.8 Å². The summed E-state index contributed by atoms with van der Waals surface area (Å²) in [6.45, 7) is 10.6. The lowest BCUT2D eigenvalue weighted by molar-refractivity contribution is 0.241. The minimum atomic E-state index is -0.224. The maximum absolute atomic E-state index is 11.4. The van der Waals surface area contributed by atoms with Crippen molar-refractivity contribution in [1.29, 1.82) is 0 Å². The number of rotatable bonds is 4. The molecule has 98 valence electrons. The van der Waals surface area contributed by atoms with E-state index in [2.05, 4.69) is 48.0 Å². The van der Waals surface area contributed by atoms with E-state index in [0.717, 1.165) is 11.3 Å². The third-order valence-electron chi connectivity index (χ3n) is 2.34. The fraction of sp³-hybridized carbons (Fsp3) is 0.462. The van der Waals surface area contributed by atoms with Gasteiger partial charge in [-0.15, -0.1) is 6.58 Å². The number of nitrogens with one attached hydrogen (secondary N) is 2. The predicted octanol–water partition coefficient (Wildman–Crippen LogP) is 1.76. The summed E-state index contributed by atoms with van der Waals surface area (Å²) in [4.78, 5) is 19.7.